The number of terminal acetylenes is 1. The Kier molecular flexibility index (Phi) is 20.6. The molecule has 1 aliphatic heterocycles. The van der Waals surface area contributed by atoms with E-state index in [9.17, 15) is 9.18 Å². The first kappa shape index (κ1) is 37.3. The summed E-state index contributed by atoms with van der Waals surface area (Å²) in [6, 6.07) is 0. The molecule has 1 rings (SSSR count). The van der Waals surface area contributed by atoms with Crippen LogP contribution in [0.25, 0.3) is 0 Å². The largest absolute Gasteiger partial charge is 0.445 e. The summed E-state index contributed by atoms with van der Waals surface area (Å²) in [4.78, 5) is 19.7. The number of unbranched alkanes of at least 4 members (excludes halogenated alkanes) is 6. The molecule has 0 radical (unpaired) electrons. The third-order valence-corrected chi connectivity index (χ3v) is 6.53. The molecule has 0 bridgehead atoms. The number of amidine groups is 1. The summed E-state index contributed by atoms with van der Waals surface area (Å²) in [7, 11) is 0. The number of alkyl carbamates (subject to hydrolysis) is 1. The first-order valence-electron chi connectivity index (χ1n) is 15.0. The lowest BCUT2D eigenvalue weighted by Crippen LogP contribution is -2.36. The molecule has 1 fully saturated rings. The molecule has 0 saturated carbocycles. The van der Waals surface area contributed by atoms with E-state index >= 15 is 0 Å². The highest BCUT2D eigenvalue weighted by Gasteiger charge is 2.38. The average Bonchev–Trinajstić information content (AvgIpc) is 3.31. The van der Waals surface area contributed by atoms with Crippen molar-refractivity contribution >= 4 is 18.1 Å². The summed E-state index contributed by atoms with van der Waals surface area (Å²) >= 11 is 0. The number of carbonyl (C=O) groups is 1. The maximum Gasteiger partial charge on any atom is 0.407 e. The van der Waals surface area contributed by atoms with Gasteiger partial charge < -0.3 is 20.5 Å². The lowest BCUT2D eigenvalue weighted by Gasteiger charge is -2.22. The molecular weight excluding hydrogens is 507 g/mol. The van der Waals surface area contributed by atoms with Crippen LogP contribution in [0.3, 0.4) is 0 Å². The fraction of sp³-hybridized carbons (Fsp3) is 0.719. The number of nitrogens with two attached hydrogens (primary N) is 1. The Morgan fingerprint density at radius 2 is 1.90 bits per heavy atom. The van der Waals surface area contributed by atoms with Crippen molar-refractivity contribution in [1.82, 2.24) is 5.32 Å². The molecule has 1 saturated heterocycles. The van der Waals surface area contributed by atoms with Crippen LogP contribution in [-0.2, 0) is 9.47 Å². The second-order valence-electron chi connectivity index (χ2n) is 10.7. The minimum atomic E-state index is -0.725. The predicted molar refractivity (Wildman–Crippen MR) is 166 cm³/mol. The van der Waals surface area contributed by atoms with E-state index in [1.165, 1.54) is 31.8 Å². The molecule has 1 aliphatic rings. The van der Waals surface area contributed by atoms with Crippen molar-refractivity contribution in [1.29, 1.82) is 0 Å². The first-order valence-corrected chi connectivity index (χ1v) is 15.0. The monoisotopic (exact) mass is 562 g/mol. The van der Waals surface area contributed by atoms with Crippen LogP contribution in [0.1, 0.15) is 119 Å². The van der Waals surface area contributed by atoms with Gasteiger partial charge in [0.2, 0.25) is 5.95 Å². The first-order chi connectivity index (χ1) is 19.0. The maximum absolute atomic E-state index is 13.4. The summed E-state index contributed by atoms with van der Waals surface area (Å²) in [5.74, 6) is 2.58. The molecule has 228 valence electrons. The molecule has 3 unspecified atom stereocenters. The molecule has 8 heteroatoms. The lowest BCUT2D eigenvalue weighted by molar-refractivity contribution is -0.0322. The van der Waals surface area contributed by atoms with Crippen LogP contribution >= 0.6 is 0 Å². The summed E-state index contributed by atoms with van der Waals surface area (Å²) in [5, 5.41) is 2.76. The molecule has 0 aromatic carbocycles. The van der Waals surface area contributed by atoms with Gasteiger partial charge in [0.25, 0.3) is 0 Å². The van der Waals surface area contributed by atoms with Crippen molar-refractivity contribution in [3.8, 4) is 12.3 Å². The normalized spacial score (nSPS) is 19.9. The molecule has 3 atom stereocenters. The summed E-state index contributed by atoms with van der Waals surface area (Å²) < 4.78 is 24.3. The van der Waals surface area contributed by atoms with Crippen LogP contribution in [-0.4, -0.2) is 43.0 Å². The lowest BCUT2D eigenvalue weighted by atomic mass is 10.0. The Morgan fingerprint density at radius 3 is 2.45 bits per heavy atom. The van der Waals surface area contributed by atoms with Crippen LogP contribution in [0.15, 0.2) is 33.3 Å². The third kappa shape index (κ3) is 17.1. The highest BCUT2D eigenvalue weighted by atomic mass is 19.1. The predicted octanol–water partition coefficient (Wildman–Crippen LogP) is 8.01. The Hall–Kier alpha value is -2.66. The standard InChI is InChI=1S/C17H29NO3.C15H26FN3/c1-4-6-7-8-9-10-13-18-16(19)20-14-17(5-2)12-11-15(3)21-17;1-6-8-9-13(16)19-15(17)14(11(3)4)18-10-12(5)7-2/h2,15H,4,6-14H2,1,3H3,(H,18,19);9-10,12H,6-8H2,1-5H3,(H2,17,19)/b;13-9+,18-10?. The number of amides is 1. The minimum absolute atomic E-state index is 0.129. The van der Waals surface area contributed by atoms with Crippen LogP contribution in [0, 0.1) is 18.3 Å². The van der Waals surface area contributed by atoms with Crippen molar-refractivity contribution in [2.24, 2.45) is 21.6 Å². The Morgan fingerprint density at radius 1 is 1.23 bits per heavy atom. The minimum Gasteiger partial charge on any atom is -0.445 e. The molecule has 0 spiro atoms. The number of hydrogen-bond donors (Lipinski definition) is 2. The number of allylic oxidation sites excluding steroid dienone is 2. The number of aliphatic imine (C=N–C) groups is 2. The highest BCUT2D eigenvalue weighted by molar-refractivity contribution is 5.99. The Bertz CT molecular complexity index is 887. The van der Waals surface area contributed by atoms with Gasteiger partial charge >= 0.3 is 6.09 Å². The van der Waals surface area contributed by atoms with E-state index in [0.29, 0.717) is 24.6 Å². The number of halogens is 1. The molecule has 3 N–H and O–H groups in total. The Balaban J connectivity index is 0.000000765. The van der Waals surface area contributed by atoms with Crippen LogP contribution in [0.5, 0.6) is 0 Å². The van der Waals surface area contributed by atoms with Crippen LogP contribution < -0.4 is 11.1 Å². The van der Waals surface area contributed by atoms with Gasteiger partial charge in [-0.2, -0.15) is 4.39 Å². The van der Waals surface area contributed by atoms with Gasteiger partial charge in [-0.05, 0) is 70.4 Å². The topological polar surface area (TPSA) is 98.3 Å². The van der Waals surface area contributed by atoms with Gasteiger partial charge in [-0.25, -0.2) is 9.79 Å². The maximum atomic E-state index is 13.4. The zero-order valence-electron chi connectivity index (χ0n) is 26.2. The highest BCUT2D eigenvalue weighted by Crippen LogP contribution is 2.30. The van der Waals surface area contributed by atoms with Gasteiger partial charge in [0.1, 0.15) is 12.3 Å². The second-order valence-corrected chi connectivity index (χ2v) is 10.7. The quantitative estimate of drug-likeness (QED) is 0.0654. The van der Waals surface area contributed by atoms with Gasteiger partial charge in [-0.1, -0.05) is 72.1 Å². The smallest absolute Gasteiger partial charge is 0.407 e. The van der Waals surface area contributed by atoms with Crippen molar-refractivity contribution in [2.45, 2.75) is 131 Å². The number of carbonyl (C=O) groups excluding carboxylic acids is 1. The van der Waals surface area contributed by atoms with Gasteiger partial charge in [-0.3, -0.25) is 4.99 Å². The van der Waals surface area contributed by atoms with Gasteiger partial charge in [-0.15, -0.1) is 6.42 Å². The van der Waals surface area contributed by atoms with E-state index in [4.69, 9.17) is 21.6 Å². The van der Waals surface area contributed by atoms with E-state index in [1.54, 1.807) is 0 Å². The molecule has 0 aromatic heterocycles. The van der Waals surface area contributed by atoms with E-state index < -0.39 is 17.6 Å². The van der Waals surface area contributed by atoms with Crippen molar-refractivity contribution in [2.75, 3.05) is 13.2 Å². The number of hydrogen-bond acceptors (Lipinski definition) is 5. The Labute approximate surface area is 243 Å². The summed E-state index contributed by atoms with van der Waals surface area (Å²) in [6.45, 7) is 14.9. The fourth-order valence-electron chi connectivity index (χ4n) is 3.76. The van der Waals surface area contributed by atoms with Crippen molar-refractivity contribution in [3.63, 3.8) is 0 Å². The summed E-state index contributed by atoms with van der Waals surface area (Å²) in [5.41, 5.74) is 6.57. The zero-order chi connectivity index (χ0) is 30.4. The second kappa shape index (κ2) is 22.1. The number of nitrogens with one attached hydrogen (secondary N) is 1. The van der Waals surface area contributed by atoms with E-state index in [2.05, 4.69) is 42.0 Å². The van der Waals surface area contributed by atoms with Gasteiger partial charge in [0.15, 0.2) is 11.4 Å². The van der Waals surface area contributed by atoms with Crippen molar-refractivity contribution < 1.29 is 18.7 Å². The third-order valence-electron chi connectivity index (χ3n) is 6.53. The van der Waals surface area contributed by atoms with Crippen LogP contribution in [0.2, 0.25) is 0 Å². The SMILES string of the molecule is C#CC1(COC(=O)NCCCCCCCC)CCC(C)O1.CCC/C=C(F)/N=C(/N)C(N=CC(C)CC)=C(C)C. The van der Waals surface area contributed by atoms with E-state index in [-0.39, 0.29) is 18.5 Å². The molecule has 7 nitrogen and oxygen atoms in total. The summed E-state index contributed by atoms with van der Waals surface area (Å²) in [6.07, 6.45) is 19.9. The van der Waals surface area contributed by atoms with E-state index in [1.807, 2.05) is 33.9 Å². The molecule has 0 aromatic rings. The number of nitrogens with zero attached hydrogens (tertiary/aromatic N) is 2. The van der Waals surface area contributed by atoms with E-state index in [0.717, 1.165) is 44.1 Å². The molecule has 0 aliphatic carbocycles. The average molecular weight is 563 g/mol. The zero-order valence-corrected chi connectivity index (χ0v) is 26.2. The van der Waals surface area contributed by atoms with Crippen LogP contribution in [0.4, 0.5) is 9.18 Å². The number of rotatable bonds is 16. The molecular formula is C32H55FN4O3. The molecule has 1 heterocycles. The van der Waals surface area contributed by atoms with Gasteiger partial charge in [0, 0.05) is 12.8 Å². The fourth-order valence-corrected chi connectivity index (χ4v) is 3.76. The molecule has 1 amide bonds. The van der Waals surface area contributed by atoms with Gasteiger partial charge in [0.05, 0.1) is 6.10 Å². The van der Waals surface area contributed by atoms with Crippen molar-refractivity contribution in [3.05, 3.63) is 23.3 Å². The number of ether oxygens (including phenoxy) is 2. The molecule has 40 heavy (non-hydrogen) atoms.